The van der Waals surface area contributed by atoms with Gasteiger partial charge in [-0.25, -0.2) is 4.79 Å². The van der Waals surface area contributed by atoms with Crippen LogP contribution in [0.4, 0.5) is 16.2 Å². The normalized spacial score (nSPS) is 10.3. The van der Waals surface area contributed by atoms with Crippen molar-refractivity contribution >= 4 is 29.0 Å². The van der Waals surface area contributed by atoms with Crippen molar-refractivity contribution in [3.8, 4) is 0 Å². The molecule has 0 aromatic heterocycles. The van der Waals surface area contributed by atoms with Crippen molar-refractivity contribution in [2.24, 2.45) is 0 Å². The third-order valence-electron chi connectivity index (χ3n) is 3.55. The number of carbonyl (C=O) groups excluding carboxylic acids is 1. The van der Waals surface area contributed by atoms with Crippen LogP contribution in [0.15, 0.2) is 48.5 Å². The number of rotatable bonds is 6. The van der Waals surface area contributed by atoms with Crippen LogP contribution in [0.5, 0.6) is 0 Å². The van der Waals surface area contributed by atoms with Crippen molar-refractivity contribution in [3.63, 3.8) is 0 Å². The molecule has 128 valence electrons. The number of nitrogens with one attached hydrogen (secondary N) is 1. The summed E-state index contributed by atoms with van der Waals surface area (Å²) in [5.74, 6) is 0. The number of anilines is 2. The summed E-state index contributed by atoms with van der Waals surface area (Å²) in [5, 5.41) is 12.7. The summed E-state index contributed by atoms with van der Waals surface area (Å²) in [5.41, 5.74) is 2.38. The Morgan fingerprint density at radius 1 is 1.12 bits per heavy atom. The van der Waals surface area contributed by atoms with Crippen LogP contribution in [0, 0.1) is 0 Å². The van der Waals surface area contributed by atoms with Gasteiger partial charge in [-0.2, -0.15) is 0 Å². The Hall–Kier alpha value is -2.24. The third kappa shape index (κ3) is 4.63. The second-order valence-corrected chi connectivity index (χ2v) is 6.00. The van der Waals surface area contributed by atoms with Crippen molar-refractivity contribution in [2.45, 2.75) is 6.54 Å². The number of hydrogen-bond donors (Lipinski definition) is 2. The number of aliphatic hydroxyl groups excluding tert-OH is 1. The topological polar surface area (TPSA) is 55.8 Å². The van der Waals surface area contributed by atoms with E-state index in [0.29, 0.717) is 17.3 Å². The van der Waals surface area contributed by atoms with Crippen molar-refractivity contribution in [1.82, 2.24) is 4.90 Å². The van der Waals surface area contributed by atoms with Crippen LogP contribution in [0.1, 0.15) is 5.56 Å². The summed E-state index contributed by atoms with van der Waals surface area (Å²) in [4.78, 5) is 16.1. The molecule has 0 aliphatic heterocycles. The van der Waals surface area contributed by atoms with Crippen LogP contribution in [0.3, 0.4) is 0 Å². The second-order valence-electron chi connectivity index (χ2n) is 5.59. The maximum atomic E-state index is 12.6. The first kappa shape index (κ1) is 18.1. The van der Waals surface area contributed by atoms with Gasteiger partial charge in [-0.1, -0.05) is 48.0 Å². The first-order chi connectivity index (χ1) is 11.5. The maximum Gasteiger partial charge on any atom is 0.322 e. The largest absolute Gasteiger partial charge is 0.395 e. The van der Waals surface area contributed by atoms with Gasteiger partial charge < -0.3 is 20.2 Å². The molecule has 2 rings (SSSR count). The van der Waals surface area contributed by atoms with E-state index < -0.39 is 0 Å². The predicted molar refractivity (Wildman–Crippen MR) is 98.7 cm³/mol. The average Bonchev–Trinajstić information content (AvgIpc) is 2.55. The summed E-state index contributed by atoms with van der Waals surface area (Å²) in [6.07, 6.45) is 0. The minimum absolute atomic E-state index is 0.101. The van der Waals surface area contributed by atoms with Gasteiger partial charge in [-0.3, -0.25) is 0 Å². The lowest BCUT2D eigenvalue weighted by atomic mass is 10.2. The van der Waals surface area contributed by atoms with E-state index >= 15 is 0 Å². The number of para-hydroxylation sites is 1. The van der Waals surface area contributed by atoms with Crippen molar-refractivity contribution in [3.05, 3.63) is 59.1 Å². The lowest BCUT2D eigenvalue weighted by Crippen LogP contribution is -2.36. The number of halogens is 1. The molecular formula is C18H22ClN3O2. The Balaban J connectivity index is 2.18. The van der Waals surface area contributed by atoms with Crippen molar-refractivity contribution in [2.75, 3.05) is 37.5 Å². The van der Waals surface area contributed by atoms with E-state index in [4.69, 9.17) is 11.6 Å². The molecular weight excluding hydrogens is 326 g/mol. The summed E-state index contributed by atoms with van der Waals surface area (Å²) >= 11 is 6.23. The van der Waals surface area contributed by atoms with Gasteiger partial charge in [0.05, 0.1) is 23.0 Å². The molecule has 0 unspecified atom stereocenters. The fourth-order valence-corrected chi connectivity index (χ4v) is 2.79. The lowest BCUT2D eigenvalue weighted by Gasteiger charge is -2.25. The molecule has 5 nitrogen and oxygen atoms in total. The van der Waals surface area contributed by atoms with Gasteiger partial charge >= 0.3 is 6.03 Å². The van der Waals surface area contributed by atoms with Crippen LogP contribution in [0.2, 0.25) is 5.02 Å². The maximum absolute atomic E-state index is 12.6. The molecule has 6 heteroatoms. The zero-order valence-corrected chi connectivity index (χ0v) is 14.6. The van der Waals surface area contributed by atoms with E-state index in [1.807, 2.05) is 49.3 Å². The quantitative estimate of drug-likeness (QED) is 0.841. The van der Waals surface area contributed by atoms with E-state index in [1.54, 1.807) is 23.1 Å². The fraction of sp³-hybridized carbons (Fsp3) is 0.278. The van der Waals surface area contributed by atoms with Gasteiger partial charge in [0, 0.05) is 27.2 Å². The van der Waals surface area contributed by atoms with Gasteiger partial charge in [-0.05, 0) is 17.7 Å². The molecule has 0 saturated carbocycles. The van der Waals surface area contributed by atoms with Gasteiger partial charge in [0.1, 0.15) is 0 Å². The summed E-state index contributed by atoms with van der Waals surface area (Å²) in [6.45, 7) is 0.569. The number of aliphatic hydroxyl groups is 1. The number of urea groups is 1. The molecule has 2 amide bonds. The Morgan fingerprint density at radius 2 is 1.83 bits per heavy atom. The molecule has 0 atom stereocenters. The highest BCUT2D eigenvalue weighted by molar-refractivity contribution is 6.34. The van der Waals surface area contributed by atoms with Crippen LogP contribution in [-0.2, 0) is 6.54 Å². The highest BCUT2D eigenvalue weighted by Crippen LogP contribution is 2.32. The summed E-state index contributed by atoms with van der Waals surface area (Å²) in [6, 6.07) is 14.8. The first-order valence-corrected chi connectivity index (χ1v) is 8.07. The molecule has 2 aromatic rings. The van der Waals surface area contributed by atoms with Gasteiger partial charge in [0.2, 0.25) is 0 Å². The molecule has 2 aromatic carbocycles. The van der Waals surface area contributed by atoms with Crippen LogP contribution in [-0.4, -0.2) is 43.3 Å². The summed E-state index contributed by atoms with van der Waals surface area (Å²) in [7, 11) is 3.73. The lowest BCUT2D eigenvalue weighted by molar-refractivity contribution is 0.185. The Labute approximate surface area is 147 Å². The molecule has 0 fully saturated rings. The fourth-order valence-electron chi connectivity index (χ4n) is 2.44. The van der Waals surface area contributed by atoms with Gasteiger partial charge in [0.15, 0.2) is 0 Å². The monoisotopic (exact) mass is 347 g/mol. The van der Waals surface area contributed by atoms with Crippen molar-refractivity contribution in [1.29, 1.82) is 0 Å². The predicted octanol–water partition coefficient (Wildman–Crippen LogP) is 3.43. The SMILES string of the molecule is CN(C)c1c(Cl)cccc1NC(=O)N(CCO)Cc1ccccc1. The zero-order valence-electron chi connectivity index (χ0n) is 13.9. The van der Waals surface area contributed by atoms with Crippen LogP contribution < -0.4 is 10.2 Å². The summed E-state index contributed by atoms with van der Waals surface area (Å²) < 4.78 is 0. The number of carbonyl (C=O) groups is 1. The van der Waals surface area contributed by atoms with Gasteiger partial charge in [0.25, 0.3) is 0 Å². The van der Waals surface area contributed by atoms with E-state index in [1.165, 1.54) is 0 Å². The van der Waals surface area contributed by atoms with Crippen LogP contribution >= 0.6 is 11.6 Å². The molecule has 0 spiro atoms. The number of hydrogen-bond acceptors (Lipinski definition) is 3. The van der Waals surface area contributed by atoms with Crippen molar-refractivity contribution < 1.29 is 9.90 Å². The second kappa shape index (κ2) is 8.57. The smallest absolute Gasteiger partial charge is 0.322 e. The highest BCUT2D eigenvalue weighted by Gasteiger charge is 2.17. The van der Waals surface area contributed by atoms with E-state index in [9.17, 15) is 9.90 Å². The Morgan fingerprint density at radius 3 is 2.46 bits per heavy atom. The molecule has 0 saturated heterocycles. The molecule has 0 aliphatic carbocycles. The first-order valence-electron chi connectivity index (χ1n) is 7.69. The van der Waals surface area contributed by atoms with Crippen LogP contribution in [0.25, 0.3) is 0 Å². The number of amides is 2. The van der Waals surface area contributed by atoms with E-state index in [-0.39, 0.29) is 19.2 Å². The van der Waals surface area contributed by atoms with Gasteiger partial charge in [-0.15, -0.1) is 0 Å². The molecule has 0 bridgehead atoms. The van der Waals surface area contributed by atoms with E-state index in [2.05, 4.69) is 5.32 Å². The zero-order chi connectivity index (χ0) is 17.5. The molecule has 0 radical (unpaired) electrons. The number of benzene rings is 2. The molecule has 2 N–H and O–H groups in total. The average molecular weight is 348 g/mol. The van der Waals surface area contributed by atoms with E-state index in [0.717, 1.165) is 11.3 Å². The molecule has 0 aliphatic rings. The number of nitrogens with zero attached hydrogens (tertiary/aromatic N) is 2. The standard InChI is InChI=1S/C18H22ClN3O2/c1-21(2)17-15(19)9-6-10-16(17)20-18(24)22(11-12-23)13-14-7-4-3-5-8-14/h3-10,23H,11-13H2,1-2H3,(H,20,24). The minimum atomic E-state index is -0.279. The molecule has 0 heterocycles. The molecule has 24 heavy (non-hydrogen) atoms. The highest BCUT2D eigenvalue weighted by atomic mass is 35.5. The Kier molecular flexibility index (Phi) is 6.46. The minimum Gasteiger partial charge on any atom is -0.395 e. The third-order valence-corrected chi connectivity index (χ3v) is 3.85. The Bertz CT molecular complexity index is 677.